The summed E-state index contributed by atoms with van der Waals surface area (Å²) < 4.78 is 16.7. The van der Waals surface area contributed by atoms with E-state index in [1.807, 2.05) is 24.5 Å². The molecule has 1 fully saturated rings. The number of piperidine rings is 1. The fraction of sp³-hybridized carbons (Fsp3) is 0.424. The fourth-order valence-corrected chi connectivity index (χ4v) is 6.82. The van der Waals surface area contributed by atoms with E-state index in [1.165, 1.54) is 10.1 Å². The van der Waals surface area contributed by atoms with Crippen LogP contribution >= 0.6 is 23.4 Å². The van der Waals surface area contributed by atoms with Crippen molar-refractivity contribution in [1.29, 1.82) is 5.41 Å². The van der Waals surface area contributed by atoms with Crippen LogP contribution in [0.4, 0.5) is 4.39 Å². The Hall–Kier alpha value is -3.18. The highest BCUT2D eigenvalue weighted by Crippen LogP contribution is 2.32. The molecule has 3 heterocycles. The summed E-state index contributed by atoms with van der Waals surface area (Å²) in [5, 5.41) is 15.2. The van der Waals surface area contributed by atoms with Crippen molar-refractivity contribution < 1.29 is 4.39 Å². The lowest BCUT2D eigenvalue weighted by molar-refractivity contribution is 0.312. The van der Waals surface area contributed by atoms with Crippen molar-refractivity contribution in [2.24, 2.45) is 5.73 Å². The number of nitrogens with one attached hydrogen (secondary N) is 4. The second kappa shape index (κ2) is 14.7. The molecule has 8 nitrogen and oxygen atoms in total. The third-order valence-electron chi connectivity index (χ3n) is 8.25. The molecule has 0 amide bonds. The van der Waals surface area contributed by atoms with E-state index in [0.29, 0.717) is 39.9 Å². The molecule has 2 aromatic heterocycles. The molecule has 6 N–H and O–H groups in total. The average molecular weight is 638 g/mol. The molecular formula is C33H41ClFN7OS. The minimum absolute atomic E-state index is 0.0640. The fourth-order valence-electron chi connectivity index (χ4n) is 5.99. The molecule has 1 aliphatic rings. The van der Waals surface area contributed by atoms with Gasteiger partial charge >= 0.3 is 5.69 Å². The quantitative estimate of drug-likeness (QED) is 0.0911. The Labute approximate surface area is 266 Å². The van der Waals surface area contributed by atoms with Crippen LogP contribution in [0, 0.1) is 11.2 Å². The van der Waals surface area contributed by atoms with Gasteiger partial charge in [-0.1, -0.05) is 30.2 Å². The zero-order valence-electron chi connectivity index (χ0n) is 25.3. The summed E-state index contributed by atoms with van der Waals surface area (Å²) >= 11 is 8.03. The summed E-state index contributed by atoms with van der Waals surface area (Å²) in [5.41, 5.74) is 9.82. The number of aromatic amines is 1. The molecule has 0 radical (unpaired) electrons. The van der Waals surface area contributed by atoms with E-state index in [-0.39, 0.29) is 17.1 Å². The first-order chi connectivity index (χ1) is 21.2. The van der Waals surface area contributed by atoms with E-state index >= 15 is 4.39 Å². The molecule has 0 saturated carbocycles. The molecule has 1 saturated heterocycles. The Bertz CT molecular complexity index is 1650. The minimum Gasteiger partial charge on any atom is -0.374 e. The SMILES string of the molecule is CSC[C@H](N)CCCc1cc(Cl)c(F)c(-c2cc3cn(-c4ccc([C@@H]5CCC[C@@H](CCNC(C)=N)N5)cc4)c(=O)nc3[nH]2)c1. The predicted octanol–water partition coefficient (Wildman–Crippen LogP) is 6.35. The van der Waals surface area contributed by atoms with Gasteiger partial charge in [0.25, 0.3) is 0 Å². The first-order valence-corrected chi connectivity index (χ1v) is 17.0. The molecule has 4 aromatic rings. The monoisotopic (exact) mass is 637 g/mol. The van der Waals surface area contributed by atoms with Gasteiger partial charge in [0, 0.05) is 47.6 Å². The number of thioether (sulfide) groups is 1. The van der Waals surface area contributed by atoms with Crippen molar-refractivity contribution in [1.82, 2.24) is 25.2 Å². The van der Waals surface area contributed by atoms with E-state index in [1.54, 1.807) is 37.0 Å². The summed E-state index contributed by atoms with van der Waals surface area (Å²) in [7, 11) is 0. The van der Waals surface area contributed by atoms with Gasteiger partial charge in [0.15, 0.2) is 5.82 Å². The van der Waals surface area contributed by atoms with Crippen LogP contribution in [-0.2, 0) is 6.42 Å². The van der Waals surface area contributed by atoms with E-state index < -0.39 is 11.5 Å². The second-order valence-corrected chi connectivity index (χ2v) is 13.0. The number of H-pyrrole nitrogens is 1. The molecular weight excluding hydrogens is 597 g/mol. The zero-order valence-corrected chi connectivity index (χ0v) is 26.8. The maximum atomic E-state index is 15.2. The third-order valence-corrected chi connectivity index (χ3v) is 9.28. The van der Waals surface area contributed by atoms with Crippen LogP contribution in [0.15, 0.2) is 53.5 Å². The van der Waals surface area contributed by atoms with E-state index in [4.69, 9.17) is 22.7 Å². The van der Waals surface area contributed by atoms with Crippen LogP contribution in [0.1, 0.15) is 62.6 Å². The first-order valence-electron chi connectivity index (χ1n) is 15.2. The molecule has 1 aliphatic heterocycles. The second-order valence-electron chi connectivity index (χ2n) is 11.7. The van der Waals surface area contributed by atoms with Crippen molar-refractivity contribution in [2.75, 3.05) is 18.6 Å². The van der Waals surface area contributed by atoms with Crippen LogP contribution in [0.2, 0.25) is 5.02 Å². The highest BCUT2D eigenvalue weighted by molar-refractivity contribution is 7.98. The summed E-state index contributed by atoms with van der Waals surface area (Å²) in [6, 6.07) is 14.1. The lowest BCUT2D eigenvalue weighted by Crippen LogP contribution is -2.39. The van der Waals surface area contributed by atoms with E-state index in [2.05, 4.69) is 32.7 Å². The largest absolute Gasteiger partial charge is 0.374 e. The average Bonchev–Trinajstić information content (AvgIpc) is 3.41. The molecule has 5 rings (SSSR count). The first kappa shape index (κ1) is 32.2. The Morgan fingerprint density at radius 2 is 2.07 bits per heavy atom. The van der Waals surface area contributed by atoms with Gasteiger partial charge in [0.2, 0.25) is 0 Å². The molecule has 0 unspecified atom stereocenters. The van der Waals surface area contributed by atoms with Crippen LogP contribution in [-0.4, -0.2) is 51.0 Å². The van der Waals surface area contributed by atoms with Crippen molar-refractivity contribution in [3.63, 3.8) is 0 Å². The Balaban J connectivity index is 1.32. The predicted molar refractivity (Wildman–Crippen MR) is 181 cm³/mol. The van der Waals surface area contributed by atoms with Gasteiger partial charge < -0.3 is 21.4 Å². The topological polar surface area (TPSA) is 125 Å². The number of rotatable bonds is 12. The normalized spacial score (nSPS) is 17.6. The number of halogens is 2. The Morgan fingerprint density at radius 1 is 1.27 bits per heavy atom. The van der Waals surface area contributed by atoms with Gasteiger partial charge in [-0.25, -0.2) is 9.18 Å². The van der Waals surface area contributed by atoms with E-state index in [9.17, 15) is 4.79 Å². The highest BCUT2D eigenvalue weighted by Gasteiger charge is 2.22. The molecule has 3 atom stereocenters. The van der Waals surface area contributed by atoms with Gasteiger partial charge in [0.1, 0.15) is 5.65 Å². The summed E-state index contributed by atoms with van der Waals surface area (Å²) in [4.78, 5) is 20.4. The zero-order chi connectivity index (χ0) is 31.2. The van der Waals surface area contributed by atoms with Gasteiger partial charge in [-0.05, 0) is 93.2 Å². The number of fused-ring (bicyclic) bond motifs is 1. The molecule has 0 spiro atoms. The van der Waals surface area contributed by atoms with Gasteiger partial charge in [-0.2, -0.15) is 16.7 Å². The van der Waals surface area contributed by atoms with Crippen LogP contribution in [0.5, 0.6) is 0 Å². The number of aromatic nitrogens is 3. The lowest BCUT2D eigenvalue weighted by atomic mass is 9.92. The summed E-state index contributed by atoms with van der Waals surface area (Å²) in [5.74, 6) is 0.894. The Kier molecular flexibility index (Phi) is 10.8. The number of nitrogens with two attached hydrogens (primary N) is 1. The van der Waals surface area contributed by atoms with Crippen molar-refractivity contribution in [2.45, 2.75) is 70.0 Å². The maximum Gasteiger partial charge on any atom is 0.354 e. The van der Waals surface area contributed by atoms with Crippen LogP contribution in [0.3, 0.4) is 0 Å². The van der Waals surface area contributed by atoms with Gasteiger partial charge in [-0.15, -0.1) is 0 Å². The lowest BCUT2D eigenvalue weighted by Gasteiger charge is -2.31. The third kappa shape index (κ3) is 7.90. The molecule has 11 heteroatoms. The standard InChI is InChI=1S/C33H41ClFN7OS/c1-20(36)38-14-13-25-7-4-8-29(39-25)22-9-11-26(12-10-22)42-18-23-17-30(40-32(23)41-33(42)43)27-15-21(16-28(34)31(27)35)5-3-6-24(37)19-44-2/h9-12,15-18,24-25,29,39H,3-8,13-14,19,37H2,1-2H3,(H2,36,38)(H,40,41,43)/t24-,25+,29+/m1/s1. The molecule has 234 valence electrons. The summed E-state index contributed by atoms with van der Waals surface area (Å²) in [6.07, 6.45) is 10.6. The summed E-state index contributed by atoms with van der Waals surface area (Å²) in [6.45, 7) is 2.55. The number of benzene rings is 2. The molecule has 0 aliphatic carbocycles. The van der Waals surface area contributed by atoms with E-state index in [0.717, 1.165) is 62.8 Å². The maximum absolute atomic E-state index is 15.2. The number of nitrogens with zero attached hydrogens (tertiary/aromatic N) is 2. The minimum atomic E-state index is -0.508. The van der Waals surface area contributed by atoms with Crippen LogP contribution in [0.25, 0.3) is 28.0 Å². The highest BCUT2D eigenvalue weighted by atomic mass is 35.5. The molecule has 44 heavy (non-hydrogen) atoms. The number of hydrogen-bond acceptors (Lipinski definition) is 6. The Morgan fingerprint density at radius 3 is 2.82 bits per heavy atom. The van der Waals surface area contributed by atoms with Crippen LogP contribution < -0.4 is 22.1 Å². The van der Waals surface area contributed by atoms with Crippen molar-refractivity contribution in [3.05, 3.63) is 81.1 Å². The number of hydrogen-bond donors (Lipinski definition) is 5. The van der Waals surface area contributed by atoms with Crippen molar-refractivity contribution in [3.8, 4) is 16.9 Å². The van der Waals surface area contributed by atoms with Gasteiger partial charge in [0.05, 0.1) is 22.2 Å². The van der Waals surface area contributed by atoms with Crippen molar-refractivity contribution >= 4 is 40.2 Å². The van der Waals surface area contributed by atoms with Gasteiger partial charge in [-0.3, -0.25) is 9.98 Å². The molecule has 0 bridgehead atoms. The number of aryl methyl sites for hydroxylation is 1. The molecule has 2 aromatic carbocycles. The number of amidine groups is 1. The smallest absolute Gasteiger partial charge is 0.354 e.